The van der Waals surface area contributed by atoms with E-state index in [-0.39, 0.29) is 0 Å². The minimum atomic E-state index is 0.609. The summed E-state index contributed by atoms with van der Waals surface area (Å²) >= 11 is 0. The van der Waals surface area contributed by atoms with Crippen LogP contribution in [-0.4, -0.2) is 0 Å². The van der Waals surface area contributed by atoms with Gasteiger partial charge in [-0.25, -0.2) is 0 Å². The molecule has 0 N–H and O–H groups in total. The average molecular weight is 162 g/mol. The molecule has 0 aliphatic heterocycles. The molecule has 1 rings (SSSR count). The Bertz CT molecular complexity index is 218. The first-order valence-electron chi connectivity index (χ1n) is 4.72. The highest BCUT2D eigenvalue weighted by Crippen LogP contribution is 2.24. The van der Waals surface area contributed by atoms with E-state index in [1.165, 1.54) is 24.0 Å². The first-order chi connectivity index (χ1) is 5.74. The third kappa shape index (κ3) is 2.37. The second kappa shape index (κ2) is 4.30. The first-order valence-corrected chi connectivity index (χ1v) is 4.72. The Balaban J connectivity index is 2.56. The van der Waals surface area contributed by atoms with Crippen molar-refractivity contribution < 1.29 is 0 Å². The summed E-state index contributed by atoms with van der Waals surface area (Å²) in [5.41, 5.74) is 2.99. The van der Waals surface area contributed by atoms with Gasteiger partial charge in [-0.05, 0) is 37.7 Å². The quantitative estimate of drug-likeness (QED) is 0.553. The Morgan fingerprint density at radius 1 is 1.50 bits per heavy atom. The minimum Gasteiger partial charge on any atom is -0.103 e. The van der Waals surface area contributed by atoms with Crippen molar-refractivity contribution in [2.45, 2.75) is 33.1 Å². The summed E-state index contributed by atoms with van der Waals surface area (Å²) in [6.45, 7) is 8.23. The monoisotopic (exact) mass is 162 g/mol. The molecule has 1 aliphatic rings. The average Bonchev–Trinajstić information content (AvgIpc) is 2.09. The summed E-state index contributed by atoms with van der Waals surface area (Å²) in [6.07, 6.45) is 10.3. The maximum absolute atomic E-state index is 3.80. The Hall–Kier alpha value is -0.780. The molecule has 1 unspecified atom stereocenters. The fourth-order valence-corrected chi connectivity index (χ4v) is 1.52. The zero-order valence-corrected chi connectivity index (χ0v) is 8.14. The topological polar surface area (TPSA) is 0 Å². The Morgan fingerprint density at radius 2 is 2.17 bits per heavy atom. The van der Waals surface area contributed by atoms with Crippen LogP contribution in [0.3, 0.4) is 0 Å². The molecule has 66 valence electrons. The van der Waals surface area contributed by atoms with Gasteiger partial charge in [-0.15, -0.1) is 6.58 Å². The summed E-state index contributed by atoms with van der Waals surface area (Å²) < 4.78 is 0. The van der Waals surface area contributed by atoms with E-state index in [9.17, 15) is 0 Å². The summed E-state index contributed by atoms with van der Waals surface area (Å²) in [7, 11) is 0. The lowest BCUT2D eigenvalue weighted by atomic mass is 9.91. The first kappa shape index (κ1) is 9.31. The molecule has 1 aliphatic carbocycles. The zero-order chi connectivity index (χ0) is 8.97. The maximum atomic E-state index is 3.80. The van der Waals surface area contributed by atoms with Crippen LogP contribution in [0, 0.1) is 5.92 Å². The van der Waals surface area contributed by atoms with Gasteiger partial charge in [-0.2, -0.15) is 0 Å². The molecule has 0 amide bonds. The second-order valence-electron chi connectivity index (χ2n) is 3.61. The summed E-state index contributed by atoms with van der Waals surface area (Å²) in [6, 6.07) is 0. The van der Waals surface area contributed by atoms with Crippen LogP contribution in [0.5, 0.6) is 0 Å². The second-order valence-corrected chi connectivity index (χ2v) is 3.61. The van der Waals surface area contributed by atoms with E-state index in [1.807, 2.05) is 6.08 Å². The Kier molecular flexibility index (Phi) is 3.33. The van der Waals surface area contributed by atoms with Gasteiger partial charge in [0.15, 0.2) is 0 Å². The highest BCUT2D eigenvalue weighted by Gasteiger charge is 2.06. The van der Waals surface area contributed by atoms with Gasteiger partial charge in [0.25, 0.3) is 0 Å². The van der Waals surface area contributed by atoms with E-state index in [2.05, 4.69) is 32.6 Å². The SMILES string of the molecule is C=CC(C)CC1=CCCC=C1C. The third-order valence-corrected chi connectivity index (χ3v) is 2.46. The van der Waals surface area contributed by atoms with Gasteiger partial charge in [0, 0.05) is 0 Å². The lowest BCUT2D eigenvalue weighted by molar-refractivity contribution is 0.714. The largest absolute Gasteiger partial charge is 0.103 e. The van der Waals surface area contributed by atoms with Crippen LogP contribution in [-0.2, 0) is 0 Å². The molecule has 0 aromatic carbocycles. The van der Waals surface area contributed by atoms with Crippen molar-refractivity contribution >= 4 is 0 Å². The van der Waals surface area contributed by atoms with E-state index < -0.39 is 0 Å². The number of hydrogen-bond acceptors (Lipinski definition) is 0. The van der Waals surface area contributed by atoms with Crippen molar-refractivity contribution in [1.82, 2.24) is 0 Å². The van der Waals surface area contributed by atoms with E-state index in [0.29, 0.717) is 5.92 Å². The van der Waals surface area contributed by atoms with Gasteiger partial charge in [0.2, 0.25) is 0 Å². The smallest absolute Gasteiger partial charge is 0.0219 e. The molecule has 0 saturated heterocycles. The van der Waals surface area contributed by atoms with Gasteiger partial charge < -0.3 is 0 Å². The normalized spacial score (nSPS) is 19.5. The zero-order valence-electron chi connectivity index (χ0n) is 8.14. The molecule has 0 spiro atoms. The number of rotatable bonds is 3. The maximum Gasteiger partial charge on any atom is -0.0219 e. The molecular formula is C12H18. The summed E-state index contributed by atoms with van der Waals surface area (Å²) in [5, 5.41) is 0. The van der Waals surface area contributed by atoms with Crippen molar-refractivity contribution in [2.75, 3.05) is 0 Å². The van der Waals surface area contributed by atoms with E-state index >= 15 is 0 Å². The van der Waals surface area contributed by atoms with Crippen LogP contribution in [0.25, 0.3) is 0 Å². The Morgan fingerprint density at radius 3 is 2.75 bits per heavy atom. The van der Waals surface area contributed by atoms with Crippen LogP contribution in [0.15, 0.2) is 36.0 Å². The Labute approximate surface area is 75.7 Å². The standard InChI is InChI=1S/C12H18/c1-4-10(2)9-12-8-6-5-7-11(12)3/h4,7-8,10H,1,5-6,9H2,2-3H3. The van der Waals surface area contributed by atoms with Gasteiger partial charge in [0.05, 0.1) is 0 Å². The highest BCUT2D eigenvalue weighted by atomic mass is 14.1. The lowest BCUT2D eigenvalue weighted by Gasteiger charge is -2.14. The fourth-order valence-electron chi connectivity index (χ4n) is 1.52. The van der Waals surface area contributed by atoms with Crippen molar-refractivity contribution in [2.24, 2.45) is 5.92 Å². The van der Waals surface area contributed by atoms with Crippen LogP contribution in [0.4, 0.5) is 0 Å². The summed E-state index contributed by atoms with van der Waals surface area (Å²) in [5.74, 6) is 0.609. The van der Waals surface area contributed by atoms with E-state index in [4.69, 9.17) is 0 Å². The minimum absolute atomic E-state index is 0.609. The summed E-state index contributed by atoms with van der Waals surface area (Å²) in [4.78, 5) is 0. The van der Waals surface area contributed by atoms with Crippen LogP contribution in [0.1, 0.15) is 33.1 Å². The molecule has 0 aromatic heterocycles. The van der Waals surface area contributed by atoms with Gasteiger partial charge in [0.1, 0.15) is 0 Å². The molecule has 0 saturated carbocycles. The molecule has 0 nitrogen and oxygen atoms in total. The molecule has 12 heavy (non-hydrogen) atoms. The van der Waals surface area contributed by atoms with Crippen molar-refractivity contribution in [3.8, 4) is 0 Å². The van der Waals surface area contributed by atoms with Gasteiger partial charge in [-0.1, -0.05) is 30.7 Å². The van der Waals surface area contributed by atoms with Crippen LogP contribution < -0.4 is 0 Å². The molecule has 0 heterocycles. The molecule has 0 bridgehead atoms. The number of hydrogen-bond donors (Lipinski definition) is 0. The van der Waals surface area contributed by atoms with E-state index in [1.54, 1.807) is 0 Å². The number of allylic oxidation sites excluding steroid dienone is 5. The molecule has 0 heteroatoms. The van der Waals surface area contributed by atoms with Crippen molar-refractivity contribution in [3.05, 3.63) is 36.0 Å². The van der Waals surface area contributed by atoms with Crippen LogP contribution >= 0.6 is 0 Å². The molecule has 1 atom stereocenters. The van der Waals surface area contributed by atoms with Crippen molar-refractivity contribution in [1.29, 1.82) is 0 Å². The lowest BCUT2D eigenvalue weighted by Crippen LogP contribution is -1.97. The predicted octanol–water partition coefficient (Wildman–Crippen LogP) is 3.87. The van der Waals surface area contributed by atoms with Gasteiger partial charge >= 0.3 is 0 Å². The van der Waals surface area contributed by atoms with E-state index in [0.717, 1.165) is 6.42 Å². The van der Waals surface area contributed by atoms with Crippen LogP contribution in [0.2, 0.25) is 0 Å². The molecule has 0 radical (unpaired) electrons. The highest BCUT2D eigenvalue weighted by molar-refractivity contribution is 5.32. The van der Waals surface area contributed by atoms with Crippen molar-refractivity contribution in [3.63, 3.8) is 0 Å². The molecule has 0 fully saturated rings. The molecular weight excluding hydrogens is 144 g/mol. The van der Waals surface area contributed by atoms with Gasteiger partial charge in [-0.3, -0.25) is 0 Å². The fraction of sp³-hybridized carbons (Fsp3) is 0.500. The molecule has 0 aromatic rings. The predicted molar refractivity (Wildman–Crippen MR) is 55.1 cm³/mol. The third-order valence-electron chi connectivity index (χ3n) is 2.46.